The number of hydrogen-bond acceptors (Lipinski definition) is 1. The number of halogens is 1. The van der Waals surface area contributed by atoms with Gasteiger partial charge >= 0.3 is 0 Å². The summed E-state index contributed by atoms with van der Waals surface area (Å²) in [4.78, 5) is 0. The molecule has 1 fully saturated rings. The second kappa shape index (κ2) is 2.58. The van der Waals surface area contributed by atoms with E-state index in [9.17, 15) is 0 Å². The molecule has 1 aromatic carbocycles. The Morgan fingerprint density at radius 3 is 2.92 bits per heavy atom. The lowest BCUT2D eigenvalue weighted by molar-refractivity contribution is 0.529. The van der Waals surface area contributed by atoms with Gasteiger partial charge in [-0.25, -0.2) is 0 Å². The molecule has 1 N–H and O–H groups in total. The van der Waals surface area contributed by atoms with Crippen LogP contribution in [0.5, 0.6) is 0 Å². The Kier molecular flexibility index (Phi) is 1.59. The van der Waals surface area contributed by atoms with E-state index in [1.165, 1.54) is 29.4 Å². The van der Waals surface area contributed by atoms with E-state index in [-0.39, 0.29) is 0 Å². The maximum atomic E-state index is 3.62. The summed E-state index contributed by atoms with van der Waals surface area (Å²) in [6.07, 6.45) is 2.73. The number of rotatable bonds is 0. The van der Waals surface area contributed by atoms with Crippen LogP contribution in [-0.4, -0.2) is 6.54 Å². The van der Waals surface area contributed by atoms with E-state index in [0.29, 0.717) is 5.41 Å². The number of fused-ring (bicyclic) bond motifs is 2. The molecule has 1 spiro atoms. The van der Waals surface area contributed by atoms with Gasteiger partial charge in [0.25, 0.3) is 0 Å². The average Bonchev–Trinajstić information content (AvgIpc) is 2.89. The van der Waals surface area contributed by atoms with Crippen molar-refractivity contribution in [3.63, 3.8) is 0 Å². The first-order valence-electron chi connectivity index (χ1n) is 4.80. The molecule has 1 heterocycles. The Balaban J connectivity index is 2.19. The molecule has 0 unspecified atom stereocenters. The molecular weight excluding hydrogens is 226 g/mol. The third-order valence-corrected chi connectivity index (χ3v) is 4.05. The topological polar surface area (TPSA) is 12.0 Å². The molecule has 0 radical (unpaired) electrons. The maximum Gasteiger partial charge on any atom is 0.0223 e. The summed E-state index contributed by atoms with van der Waals surface area (Å²) < 4.78 is 1.27. The van der Waals surface area contributed by atoms with Crippen molar-refractivity contribution in [1.82, 2.24) is 5.32 Å². The van der Waals surface area contributed by atoms with Crippen molar-refractivity contribution in [1.29, 1.82) is 0 Å². The van der Waals surface area contributed by atoms with Crippen molar-refractivity contribution in [3.05, 3.63) is 33.8 Å². The van der Waals surface area contributed by atoms with Crippen molar-refractivity contribution in [3.8, 4) is 0 Å². The summed E-state index contributed by atoms with van der Waals surface area (Å²) in [7, 11) is 0. The fourth-order valence-electron chi connectivity index (χ4n) is 2.35. The van der Waals surface area contributed by atoms with Crippen LogP contribution in [0.4, 0.5) is 0 Å². The van der Waals surface area contributed by atoms with Crippen LogP contribution in [0.2, 0.25) is 0 Å². The summed E-state index contributed by atoms with van der Waals surface area (Å²) in [5, 5.41) is 3.50. The van der Waals surface area contributed by atoms with Gasteiger partial charge in [-0.3, -0.25) is 0 Å². The minimum Gasteiger partial charge on any atom is -0.312 e. The van der Waals surface area contributed by atoms with Crippen molar-refractivity contribution >= 4 is 15.9 Å². The van der Waals surface area contributed by atoms with Gasteiger partial charge in [0.2, 0.25) is 0 Å². The van der Waals surface area contributed by atoms with Crippen molar-refractivity contribution in [2.45, 2.75) is 24.8 Å². The van der Waals surface area contributed by atoms with Gasteiger partial charge in [-0.2, -0.15) is 0 Å². The highest BCUT2D eigenvalue weighted by Gasteiger charge is 2.46. The van der Waals surface area contributed by atoms with Gasteiger partial charge in [-0.05, 0) is 30.0 Å². The molecule has 1 saturated carbocycles. The molecule has 0 bridgehead atoms. The number of nitrogens with one attached hydrogen (secondary N) is 1. The average molecular weight is 238 g/mol. The Morgan fingerprint density at radius 1 is 1.31 bits per heavy atom. The van der Waals surface area contributed by atoms with Crippen LogP contribution >= 0.6 is 15.9 Å². The van der Waals surface area contributed by atoms with E-state index in [1.807, 2.05) is 0 Å². The van der Waals surface area contributed by atoms with E-state index in [2.05, 4.69) is 39.4 Å². The van der Waals surface area contributed by atoms with E-state index in [1.54, 1.807) is 5.56 Å². The van der Waals surface area contributed by atoms with E-state index in [0.717, 1.165) is 6.54 Å². The third-order valence-electron chi connectivity index (χ3n) is 3.31. The molecule has 3 rings (SSSR count). The molecular formula is C11H12BrN. The molecule has 1 aliphatic carbocycles. The highest BCUT2D eigenvalue weighted by atomic mass is 79.9. The first kappa shape index (κ1) is 8.01. The lowest BCUT2D eigenvalue weighted by atomic mass is 9.88. The fourth-order valence-corrected chi connectivity index (χ4v) is 2.86. The normalized spacial score (nSPS) is 22.8. The molecule has 13 heavy (non-hydrogen) atoms. The van der Waals surface area contributed by atoms with E-state index >= 15 is 0 Å². The van der Waals surface area contributed by atoms with Gasteiger partial charge in [-0.1, -0.05) is 28.1 Å². The molecule has 2 heteroatoms. The van der Waals surface area contributed by atoms with Crippen LogP contribution in [0.15, 0.2) is 22.7 Å². The molecule has 1 aliphatic heterocycles. The Hall–Kier alpha value is -0.340. The van der Waals surface area contributed by atoms with Crippen molar-refractivity contribution in [2.75, 3.05) is 6.54 Å². The second-order valence-corrected chi connectivity index (χ2v) is 5.00. The largest absolute Gasteiger partial charge is 0.312 e. The van der Waals surface area contributed by atoms with Gasteiger partial charge in [-0.15, -0.1) is 0 Å². The third kappa shape index (κ3) is 1.09. The SMILES string of the molecule is Brc1cccc2c1CNCC21CC1. The zero-order valence-electron chi connectivity index (χ0n) is 7.44. The number of hydrogen-bond donors (Lipinski definition) is 1. The van der Waals surface area contributed by atoms with Crippen LogP contribution in [-0.2, 0) is 12.0 Å². The Morgan fingerprint density at radius 2 is 2.15 bits per heavy atom. The monoisotopic (exact) mass is 237 g/mol. The maximum absolute atomic E-state index is 3.62. The Labute approximate surface area is 86.7 Å². The van der Waals surface area contributed by atoms with Gasteiger partial charge in [0.15, 0.2) is 0 Å². The first-order valence-corrected chi connectivity index (χ1v) is 5.60. The zero-order chi connectivity index (χ0) is 8.89. The Bertz CT molecular complexity index is 355. The highest BCUT2D eigenvalue weighted by Crippen LogP contribution is 2.51. The molecule has 0 amide bonds. The van der Waals surface area contributed by atoms with Gasteiger partial charge in [0.05, 0.1) is 0 Å². The summed E-state index contributed by atoms with van der Waals surface area (Å²) in [5.74, 6) is 0. The molecule has 2 aliphatic rings. The summed E-state index contributed by atoms with van der Waals surface area (Å²) in [5.41, 5.74) is 3.57. The summed E-state index contributed by atoms with van der Waals surface area (Å²) in [6, 6.07) is 6.60. The van der Waals surface area contributed by atoms with E-state index < -0.39 is 0 Å². The van der Waals surface area contributed by atoms with E-state index in [4.69, 9.17) is 0 Å². The highest BCUT2D eigenvalue weighted by molar-refractivity contribution is 9.10. The molecule has 1 aromatic rings. The summed E-state index contributed by atoms with van der Waals surface area (Å²) in [6.45, 7) is 2.20. The molecule has 0 saturated heterocycles. The predicted octanol–water partition coefficient (Wildman–Crippen LogP) is 2.58. The second-order valence-electron chi connectivity index (χ2n) is 4.15. The van der Waals surface area contributed by atoms with Crippen LogP contribution in [0, 0.1) is 0 Å². The van der Waals surface area contributed by atoms with Crippen molar-refractivity contribution in [2.24, 2.45) is 0 Å². The molecule has 68 valence electrons. The summed E-state index contributed by atoms with van der Waals surface area (Å²) >= 11 is 3.62. The van der Waals surface area contributed by atoms with Crippen LogP contribution in [0.3, 0.4) is 0 Å². The van der Waals surface area contributed by atoms with Crippen molar-refractivity contribution < 1.29 is 0 Å². The van der Waals surface area contributed by atoms with Crippen LogP contribution < -0.4 is 5.32 Å². The lowest BCUT2D eigenvalue weighted by Crippen LogP contribution is -2.33. The smallest absolute Gasteiger partial charge is 0.0223 e. The first-order chi connectivity index (χ1) is 6.32. The van der Waals surface area contributed by atoms with Gasteiger partial charge in [0, 0.05) is 23.0 Å². The van der Waals surface area contributed by atoms with Gasteiger partial charge in [0.1, 0.15) is 0 Å². The lowest BCUT2D eigenvalue weighted by Gasteiger charge is -2.26. The standard InChI is InChI=1S/C11H12BrN/c12-10-3-1-2-9-8(10)6-13-7-11(9)4-5-11/h1-3,13H,4-7H2. The quantitative estimate of drug-likeness (QED) is 0.732. The molecule has 1 nitrogen and oxygen atoms in total. The van der Waals surface area contributed by atoms with Crippen LogP contribution in [0.25, 0.3) is 0 Å². The minimum atomic E-state index is 0.511. The van der Waals surface area contributed by atoms with Gasteiger partial charge < -0.3 is 5.32 Å². The predicted molar refractivity (Wildman–Crippen MR) is 56.8 cm³/mol. The van der Waals surface area contributed by atoms with Crippen LogP contribution in [0.1, 0.15) is 24.0 Å². The molecule has 0 aromatic heterocycles. The molecule has 0 atom stereocenters. The number of benzene rings is 1. The fraction of sp³-hybridized carbons (Fsp3) is 0.455. The zero-order valence-corrected chi connectivity index (χ0v) is 9.02. The minimum absolute atomic E-state index is 0.511.